The maximum Gasteiger partial charge on any atom is 0.244 e. The fraction of sp³-hybridized carbons (Fsp3) is 0.316. The summed E-state index contributed by atoms with van der Waals surface area (Å²) in [7, 11) is -3.86. The lowest BCUT2D eigenvalue weighted by atomic mass is 10.2. The summed E-state index contributed by atoms with van der Waals surface area (Å²) in [6.45, 7) is 2.18. The van der Waals surface area contributed by atoms with E-state index in [1.165, 1.54) is 16.4 Å². The van der Waals surface area contributed by atoms with Crippen LogP contribution in [0.2, 0.25) is 0 Å². The number of amides is 1. The number of hydrogen-bond donors (Lipinski definition) is 1. The Hall–Kier alpha value is -2.25. The summed E-state index contributed by atoms with van der Waals surface area (Å²) >= 11 is 0. The molecule has 1 aliphatic heterocycles. The first-order valence-electron chi connectivity index (χ1n) is 8.49. The quantitative estimate of drug-likeness (QED) is 0.872. The second-order valence-electron chi connectivity index (χ2n) is 6.39. The van der Waals surface area contributed by atoms with Gasteiger partial charge in [-0.2, -0.15) is 4.31 Å². The van der Waals surface area contributed by atoms with Gasteiger partial charge in [0, 0.05) is 13.1 Å². The molecule has 0 saturated carbocycles. The Morgan fingerprint density at radius 1 is 1.23 bits per heavy atom. The predicted molar refractivity (Wildman–Crippen MR) is 96.3 cm³/mol. The summed E-state index contributed by atoms with van der Waals surface area (Å²) in [5.41, 5.74) is 1.28. The molecule has 0 bridgehead atoms. The highest BCUT2D eigenvalue weighted by Crippen LogP contribution is 2.28. The van der Waals surface area contributed by atoms with Gasteiger partial charge in [-0.1, -0.05) is 30.3 Å². The molecule has 26 heavy (non-hydrogen) atoms. The van der Waals surface area contributed by atoms with E-state index in [4.69, 9.17) is 0 Å². The summed E-state index contributed by atoms with van der Waals surface area (Å²) in [5.74, 6) is -0.797. The fourth-order valence-corrected chi connectivity index (χ4v) is 5.09. The minimum Gasteiger partial charge on any atom is -0.351 e. The summed E-state index contributed by atoms with van der Waals surface area (Å²) in [4.78, 5) is 12.6. The highest BCUT2D eigenvalue weighted by Gasteiger charge is 2.39. The van der Waals surface area contributed by atoms with Crippen LogP contribution >= 0.6 is 0 Å². The summed E-state index contributed by atoms with van der Waals surface area (Å²) in [5, 5.41) is 2.81. The standard InChI is InChI=1S/C19H21FN2O3S/c1-14-12-16(20)9-10-18(14)26(24,25)22-11-5-8-17(22)19(23)21-13-15-6-3-2-4-7-15/h2-4,6-7,9-10,12,17H,5,8,11,13H2,1H3,(H,21,23)/t17-/m0/s1. The Labute approximate surface area is 152 Å². The van der Waals surface area contributed by atoms with Gasteiger partial charge in [0.15, 0.2) is 0 Å². The van der Waals surface area contributed by atoms with E-state index in [0.717, 1.165) is 11.6 Å². The molecule has 1 amide bonds. The average molecular weight is 376 g/mol. The minimum absolute atomic E-state index is 0.0432. The number of nitrogens with zero attached hydrogens (tertiary/aromatic N) is 1. The molecule has 138 valence electrons. The van der Waals surface area contributed by atoms with Gasteiger partial charge in [0.05, 0.1) is 4.90 Å². The van der Waals surface area contributed by atoms with Crippen molar-refractivity contribution in [2.75, 3.05) is 6.54 Å². The Bertz CT molecular complexity index is 900. The van der Waals surface area contributed by atoms with Crippen molar-refractivity contribution in [3.8, 4) is 0 Å². The monoisotopic (exact) mass is 376 g/mol. The zero-order chi connectivity index (χ0) is 18.7. The summed E-state index contributed by atoms with van der Waals surface area (Å²) < 4.78 is 40.5. The van der Waals surface area contributed by atoms with E-state index in [-0.39, 0.29) is 17.3 Å². The molecule has 1 heterocycles. The van der Waals surface area contributed by atoms with Crippen LogP contribution in [0.25, 0.3) is 0 Å². The van der Waals surface area contributed by atoms with Crippen molar-refractivity contribution in [3.05, 3.63) is 65.5 Å². The smallest absolute Gasteiger partial charge is 0.244 e. The van der Waals surface area contributed by atoms with Crippen LogP contribution in [0.1, 0.15) is 24.0 Å². The maximum absolute atomic E-state index is 13.3. The first-order chi connectivity index (χ1) is 12.4. The van der Waals surface area contributed by atoms with Crippen molar-refractivity contribution in [1.82, 2.24) is 9.62 Å². The van der Waals surface area contributed by atoms with E-state index in [1.807, 2.05) is 30.3 Å². The summed E-state index contributed by atoms with van der Waals surface area (Å²) in [6, 6.07) is 12.3. The molecule has 2 aromatic carbocycles. The van der Waals surface area contributed by atoms with Crippen LogP contribution in [0.5, 0.6) is 0 Å². The molecule has 3 rings (SSSR count). The van der Waals surface area contributed by atoms with E-state index < -0.39 is 21.9 Å². The lowest BCUT2D eigenvalue weighted by Crippen LogP contribution is -2.45. The SMILES string of the molecule is Cc1cc(F)ccc1S(=O)(=O)N1CCC[C@H]1C(=O)NCc1ccccc1. The molecule has 1 N–H and O–H groups in total. The van der Waals surface area contributed by atoms with Crippen molar-refractivity contribution < 1.29 is 17.6 Å². The molecule has 5 nitrogen and oxygen atoms in total. The zero-order valence-corrected chi connectivity index (χ0v) is 15.3. The van der Waals surface area contributed by atoms with Crippen molar-refractivity contribution in [1.29, 1.82) is 0 Å². The first kappa shape index (κ1) is 18.5. The number of carbonyl (C=O) groups excluding carboxylic acids is 1. The second kappa shape index (κ2) is 7.55. The normalized spacial score (nSPS) is 18.0. The number of carbonyl (C=O) groups is 1. The van der Waals surface area contributed by atoms with Crippen LogP contribution in [0.4, 0.5) is 4.39 Å². The van der Waals surface area contributed by atoms with Crippen LogP contribution in [0.3, 0.4) is 0 Å². The molecule has 0 spiro atoms. The van der Waals surface area contributed by atoms with Crippen LogP contribution in [-0.2, 0) is 21.4 Å². The minimum atomic E-state index is -3.86. The van der Waals surface area contributed by atoms with E-state index in [1.54, 1.807) is 6.92 Å². The van der Waals surface area contributed by atoms with E-state index in [0.29, 0.717) is 24.9 Å². The van der Waals surface area contributed by atoms with E-state index >= 15 is 0 Å². The van der Waals surface area contributed by atoms with Crippen molar-refractivity contribution in [2.24, 2.45) is 0 Å². The molecule has 0 unspecified atom stereocenters. The molecule has 1 saturated heterocycles. The molecule has 7 heteroatoms. The Kier molecular flexibility index (Phi) is 5.38. The van der Waals surface area contributed by atoms with E-state index in [2.05, 4.69) is 5.32 Å². The molecule has 1 fully saturated rings. The van der Waals surface area contributed by atoms with Gasteiger partial charge in [-0.05, 0) is 49.1 Å². The molecule has 0 aliphatic carbocycles. The Morgan fingerprint density at radius 2 is 1.96 bits per heavy atom. The van der Waals surface area contributed by atoms with Gasteiger partial charge in [0.2, 0.25) is 15.9 Å². The van der Waals surface area contributed by atoms with Crippen LogP contribution < -0.4 is 5.32 Å². The third-order valence-corrected chi connectivity index (χ3v) is 6.61. The van der Waals surface area contributed by atoms with Gasteiger partial charge in [-0.25, -0.2) is 12.8 Å². The Morgan fingerprint density at radius 3 is 2.65 bits per heavy atom. The van der Waals surface area contributed by atoms with E-state index in [9.17, 15) is 17.6 Å². The molecule has 0 radical (unpaired) electrons. The first-order valence-corrected chi connectivity index (χ1v) is 9.93. The van der Waals surface area contributed by atoms with Crippen molar-refractivity contribution in [2.45, 2.75) is 37.2 Å². The number of rotatable bonds is 5. The van der Waals surface area contributed by atoms with Gasteiger partial charge < -0.3 is 5.32 Å². The third kappa shape index (κ3) is 3.78. The fourth-order valence-electron chi connectivity index (χ4n) is 3.22. The molecular formula is C19H21FN2O3S. The lowest BCUT2D eigenvalue weighted by molar-refractivity contribution is -0.124. The largest absolute Gasteiger partial charge is 0.351 e. The van der Waals surface area contributed by atoms with Crippen LogP contribution in [-0.4, -0.2) is 31.2 Å². The Balaban J connectivity index is 1.77. The van der Waals surface area contributed by atoms with Crippen molar-refractivity contribution in [3.63, 3.8) is 0 Å². The van der Waals surface area contributed by atoms with Gasteiger partial charge in [-0.15, -0.1) is 0 Å². The average Bonchev–Trinajstić information content (AvgIpc) is 3.11. The number of aryl methyl sites for hydroxylation is 1. The maximum atomic E-state index is 13.3. The molecular weight excluding hydrogens is 355 g/mol. The molecule has 2 aromatic rings. The van der Waals surface area contributed by atoms with Gasteiger partial charge in [0.1, 0.15) is 11.9 Å². The van der Waals surface area contributed by atoms with Crippen LogP contribution in [0.15, 0.2) is 53.4 Å². The highest BCUT2D eigenvalue weighted by atomic mass is 32.2. The van der Waals surface area contributed by atoms with Gasteiger partial charge in [0.25, 0.3) is 0 Å². The highest BCUT2D eigenvalue weighted by molar-refractivity contribution is 7.89. The van der Waals surface area contributed by atoms with Gasteiger partial charge >= 0.3 is 0 Å². The number of hydrogen-bond acceptors (Lipinski definition) is 3. The number of benzene rings is 2. The zero-order valence-electron chi connectivity index (χ0n) is 14.5. The van der Waals surface area contributed by atoms with Crippen LogP contribution in [0, 0.1) is 12.7 Å². The number of halogens is 1. The molecule has 1 atom stereocenters. The van der Waals surface area contributed by atoms with Crippen molar-refractivity contribution >= 4 is 15.9 Å². The molecule has 0 aromatic heterocycles. The van der Waals surface area contributed by atoms with Gasteiger partial charge in [-0.3, -0.25) is 4.79 Å². The third-order valence-electron chi connectivity index (χ3n) is 4.54. The predicted octanol–water partition coefficient (Wildman–Crippen LogP) is 2.60. The second-order valence-corrected chi connectivity index (χ2v) is 8.25. The molecule has 1 aliphatic rings. The summed E-state index contributed by atoms with van der Waals surface area (Å²) in [6.07, 6.45) is 1.09. The number of sulfonamides is 1. The number of nitrogens with one attached hydrogen (secondary N) is 1. The topological polar surface area (TPSA) is 66.5 Å². The lowest BCUT2D eigenvalue weighted by Gasteiger charge is -2.24.